The number of amides is 2. The number of hydrogen-bond acceptors (Lipinski definition) is 3. The molecule has 0 N–H and O–H groups in total. The molecule has 2 aliphatic heterocycles. The number of hydrogen-bond donors (Lipinski definition) is 0. The van der Waals surface area contributed by atoms with E-state index in [4.69, 9.17) is 0 Å². The second-order valence-corrected chi connectivity index (χ2v) is 6.81. The summed E-state index contributed by atoms with van der Waals surface area (Å²) in [5, 5.41) is 0. The molecule has 2 aromatic carbocycles. The third kappa shape index (κ3) is 2.43. The van der Waals surface area contributed by atoms with Gasteiger partial charge < -0.3 is 9.80 Å². The monoisotopic (exact) mass is 335 g/mol. The van der Waals surface area contributed by atoms with Crippen LogP contribution in [0.5, 0.6) is 0 Å². The highest BCUT2D eigenvalue weighted by Gasteiger charge is 2.47. The quantitative estimate of drug-likeness (QED) is 0.863. The fourth-order valence-electron chi connectivity index (χ4n) is 3.76. The van der Waals surface area contributed by atoms with E-state index in [0.29, 0.717) is 23.4 Å². The van der Waals surface area contributed by atoms with Crippen LogP contribution in [0.3, 0.4) is 0 Å². The van der Waals surface area contributed by atoms with Crippen molar-refractivity contribution in [2.45, 2.75) is 12.6 Å². The molecule has 0 saturated heterocycles. The molecule has 2 amide bonds. The summed E-state index contributed by atoms with van der Waals surface area (Å²) in [5.41, 5.74) is 2.92. The van der Waals surface area contributed by atoms with Crippen molar-refractivity contribution < 1.29 is 9.59 Å². The first-order valence-corrected chi connectivity index (χ1v) is 8.57. The number of anilines is 1. The van der Waals surface area contributed by atoms with Crippen LogP contribution in [0.15, 0.2) is 48.5 Å². The van der Waals surface area contributed by atoms with Crippen molar-refractivity contribution in [3.05, 3.63) is 65.2 Å². The molecule has 0 fully saturated rings. The molecule has 0 bridgehead atoms. The normalized spacial score (nSPS) is 18.4. The van der Waals surface area contributed by atoms with Crippen LogP contribution in [-0.4, -0.2) is 48.8 Å². The maximum atomic E-state index is 13.1. The molecule has 0 saturated carbocycles. The lowest BCUT2D eigenvalue weighted by atomic mass is 10.0. The number of carbonyl (C=O) groups is 2. The van der Waals surface area contributed by atoms with E-state index >= 15 is 0 Å². The van der Waals surface area contributed by atoms with E-state index in [1.807, 2.05) is 67.5 Å². The molecule has 2 aliphatic rings. The molecule has 0 radical (unpaired) electrons. The predicted molar refractivity (Wildman–Crippen MR) is 96.6 cm³/mol. The Kier molecular flexibility index (Phi) is 3.81. The summed E-state index contributed by atoms with van der Waals surface area (Å²) in [6.07, 6.45) is 0.523. The molecular weight excluding hydrogens is 314 g/mol. The summed E-state index contributed by atoms with van der Waals surface area (Å²) in [4.78, 5) is 31.9. The Morgan fingerprint density at radius 2 is 1.60 bits per heavy atom. The highest BCUT2D eigenvalue weighted by Crippen LogP contribution is 2.44. The summed E-state index contributed by atoms with van der Waals surface area (Å²) in [6, 6.07) is 15.0. The number of rotatable bonds is 4. The highest BCUT2D eigenvalue weighted by atomic mass is 16.2. The van der Waals surface area contributed by atoms with Crippen LogP contribution in [0.4, 0.5) is 5.69 Å². The summed E-state index contributed by atoms with van der Waals surface area (Å²) in [6.45, 7) is 1.52. The van der Waals surface area contributed by atoms with Gasteiger partial charge in [-0.05, 0) is 45.3 Å². The maximum absolute atomic E-state index is 13.1. The highest BCUT2D eigenvalue weighted by molar-refractivity contribution is 6.16. The smallest absolute Gasteiger partial charge is 0.260 e. The summed E-state index contributed by atoms with van der Waals surface area (Å²) >= 11 is 0. The molecule has 128 valence electrons. The Hall–Kier alpha value is -2.66. The number of fused-ring (bicyclic) bond motifs is 5. The van der Waals surface area contributed by atoms with E-state index in [1.54, 1.807) is 4.90 Å². The van der Waals surface area contributed by atoms with E-state index < -0.39 is 0 Å². The molecule has 4 rings (SSSR count). The molecule has 2 heterocycles. The lowest BCUT2D eigenvalue weighted by molar-refractivity contribution is 0.0640. The molecular formula is C20H21N3O2. The van der Waals surface area contributed by atoms with Crippen LogP contribution in [-0.2, 0) is 0 Å². The van der Waals surface area contributed by atoms with Crippen LogP contribution < -0.4 is 4.90 Å². The third-order valence-electron chi connectivity index (χ3n) is 4.89. The van der Waals surface area contributed by atoms with Gasteiger partial charge >= 0.3 is 0 Å². The lowest BCUT2D eigenvalue weighted by Crippen LogP contribution is -2.48. The van der Waals surface area contributed by atoms with Gasteiger partial charge in [0.15, 0.2) is 0 Å². The number of nitrogens with zero attached hydrogens (tertiary/aromatic N) is 3. The molecule has 0 aliphatic carbocycles. The fraction of sp³-hybridized carbons (Fsp3) is 0.300. The topological polar surface area (TPSA) is 43.9 Å². The van der Waals surface area contributed by atoms with Crippen LogP contribution in [0.2, 0.25) is 0 Å². The van der Waals surface area contributed by atoms with Crippen LogP contribution >= 0.6 is 0 Å². The van der Waals surface area contributed by atoms with Gasteiger partial charge in [0.25, 0.3) is 11.8 Å². The largest absolute Gasteiger partial charge is 0.313 e. The number of benzene rings is 2. The average Bonchev–Trinajstić information content (AvgIpc) is 2.91. The van der Waals surface area contributed by atoms with Gasteiger partial charge in [0.2, 0.25) is 0 Å². The Morgan fingerprint density at radius 3 is 2.36 bits per heavy atom. The Morgan fingerprint density at radius 1 is 0.920 bits per heavy atom. The second-order valence-electron chi connectivity index (χ2n) is 6.81. The van der Waals surface area contributed by atoms with Crippen LogP contribution in [0.25, 0.3) is 0 Å². The van der Waals surface area contributed by atoms with E-state index in [-0.39, 0.29) is 18.0 Å². The van der Waals surface area contributed by atoms with Gasteiger partial charge in [-0.2, -0.15) is 0 Å². The lowest BCUT2D eigenvalue weighted by Gasteiger charge is -2.41. The van der Waals surface area contributed by atoms with Crippen LogP contribution in [0, 0.1) is 0 Å². The summed E-state index contributed by atoms with van der Waals surface area (Å²) < 4.78 is 0. The van der Waals surface area contributed by atoms with Crippen molar-refractivity contribution in [2.75, 3.05) is 32.1 Å². The molecule has 25 heavy (non-hydrogen) atoms. The molecule has 0 spiro atoms. The Balaban J connectivity index is 1.80. The van der Waals surface area contributed by atoms with Gasteiger partial charge in [0.1, 0.15) is 6.17 Å². The Bertz CT molecular complexity index is 846. The Labute approximate surface area is 147 Å². The van der Waals surface area contributed by atoms with Crippen molar-refractivity contribution in [3.8, 4) is 0 Å². The van der Waals surface area contributed by atoms with Crippen molar-refractivity contribution in [2.24, 2.45) is 0 Å². The fourth-order valence-corrected chi connectivity index (χ4v) is 3.76. The molecule has 2 aromatic rings. The molecule has 1 atom stereocenters. The van der Waals surface area contributed by atoms with Gasteiger partial charge in [-0.1, -0.05) is 30.3 Å². The zero-order chi connectivity index (χ0) is 17.6. The van der Waals surface area contributed by atoms with E-state index in [9.17, 15) is 9.59 Å². The van der Waals surface area contributed by atoms with E-state index in [1.165, 1.54) is 0 Å². The van der Waals surface area contributed by atoms with Crippen LogP contribution in [0.1, 0.15) is 38.9 Å². The third-order valence-corrected chi connectivity index (χ3v) is 4.89. The molecule has 0 aromatic heterocycles. The van der Waals surface area contributed by atoms with Crippen molar-refractivity contribution in [1.82, 2.24) is 9.80 Å². The standard InChI is InChI=1S/C20H21N3O2/c1-21(2)12-7-13-22-18-14-8-3-4-9-15(14)20(25)23(18)17-11-6-5-10-16(17)19(22)24/h3-6,8-11,18H,7,12-13H2,1-2H3/t18-/m0/s1. The van der Waals surface area contributed by atoms with Crippen molar-refractivity contribution in [1.29, 1.82) is 0 Å². The molecule has 0 unspecified atom stereocenters. The average molecular weight is 335 g/mol. The first-order valence-electron chi connectivity index (χ1n) is 8.57. The first-order chi connectivity index (χ1) is 12.1. The zero-order valence-corrected chi connectivity index (χ0v) is 14.5. The SMILES string of the molecule is CN(C)CCCN1C(=O)c2ccccc2N2C(=O)c3ccccc3[C@@H]12. The minimum atomic E-state index is -0.340. The predicted octanol–water partition coefficient (Wildman–Crippen LogP) is 2.75. The van der Waals surface area contributed by atoms with Gasteiger partial charge in [0.05, 0.1) is 11.3 Å². The number of carbonyl (C=O) groups excluding carboxylic acids is 2. The maximum Gasteiger partial charge on any atom is 0.260 e. The van der Waals surface area contributed by atoms with Gasteiger partial charge in [-0.25, -0.2) is 0 Å². The second kappa shape index (κ2) is 6.01. The molecule has 5 nitrogen and oxygen atoms in total. The van der Waals surface area contributed by atoms with Gasteiger partial charge in [-0.3, -0.25) is 14.5 Å². The van der Waals surface area contributed by atoms with Gasteiger partial charge in [-0.15, -0.1) is 0 Å². The summed E-state index contributed by atoms with van der Waals surface area (Å²) in [5.74, 6) is -0.0294. The number of para-hydroxylation sites is 1. The van der Waals surface area contributed by atoms with Gasteiger partial charge in [0, 0.05) is 17.7 Å². The minimum Gasteiger partial charge on any atom is -0.313 e. The molecule has 5 heteroatoms. The first kappa shape index (κ1) is 15.8. The summed E-state index contributed by atoms with van der Waals surface area (Å²) in [7, 11) is 4.04. The minimum absolute atomic E-state index is 0.000101. The van der Waals surface area contributed by atoms with Crippen molar-refractivity contribution >= 4 is 17.5 Å². The van der Waals surface area contributed by atoms with Crippen molar-refractivity contribution in [3.63, 3.8) is 0 Å². The zero-order valence-electron chi connectivity index (χ0n) is 14.5. The van der Waals surface area contributed by atoms with E-state index in [0.717, 1.165) is 18.5 Å². The van der Waals surface area contributed by atoms with E-state index in [2.05, 4.69) is 4.90 Å².